The summed E-state index contributed by atoms with van der Waals surface area (Å²) in [6.07, 6.45) is 6.70. The number of methoxy groups -OCH3 is 1. The molecule has 0 atom stereocenters. The smallest absolute Gasteiger partial charge is 0.252 e. The number of benzene rings is 3. The van der Waals surface area contributed by atoms with Crippen LogP contribution in [0.15, 0.2) is 60.7 Å². The summed E-state index contributed by atoms with van der Waals surface area (Å²) < 4.78 is 5.61. The number of amides is 4. The Morgan fingerprint density at radius 1 is 0.632 bits per heavy atom. The number of hydrogen-bond acceptors (Lipinski definition) is 9. The standard InChI is InChI=1S/C44H56N6O7/c1-27-20-40(57-3)37(39(52)22-29-12-16-35(17-13-29)49-43(55)32-8-4-6-30(23-32)41(53)47-19-18-45)25-36(27)38(51)21-28-10-14-34(15-11-28)50-44(56)33-9-5-7-31(24-33)42(54)48-26-46-2/h4-9,20,23-25,28-29,34-35,46H,10-19,21-22,26,45H2,1-3H3,(H,47,53)(H,48,54)(H,49,55)(H,50,56). The molecule has 3 aromatic rings. The summed E-state index contributed by atoms with van der Waals surface area (Å²) >= 11 is 0. The van der Waals surface area contributed by atoms with Gasteiger partial charge >= 0.3 is 0 Å². The van der Waals surface area contributed by atoms with E-state index in [4.69, 9.17) is 10.5 Å². The number of nitrogens with two attached hydrogens (primary N) is 1. The Labute approximate surface area is 334 Å². The molecule has 4 amide bonds. The summed E-state index contributed by atoms with van der Waals surface area (Å²) in [5.74, 6) is -0.349. The number of nitrogens with one attached hydrogen (secondary N) is 5. The van der Waals surface area contributed by atoms with Crippen molar-refractivity contribution in [3.05, 3.63) is 99.6 Å². The number of carbonyl (C=O) groups excluding carboxylic acids is 6. The monoisotopic (exact) mass is 780 g/mol. The Bertz CT molecular complexity index is 1930. The van der Waals surface area contributed by atoms with Crippen molar-refractivity contribution in [1.29, 1.82) is 0 Å². The lowest BCUT2D eigenvalue weighted by atomic mass is 9.80. The van der Waals surface area contributed by atoms with Gasteiger partial charge in [-0.2, -0.15) is 0 Å². The van der Waals surface area contributed by atoms with Gasteiger partial charge < -0.3 is 37.1 Å². The van der Waals surface area contributed by atoms with E-state index >= 15 is 0 Å². The van der Waals surface area contributed by atoms with Gasteiger partial charge in [-0.25, -0.2) is 0 Å². The Hall–Kier alpha value is -5.40. The molecule has 5 rings (SSSR count). The highest BCUT2D eigenvalue weighted by molar-refractivity contribution is 6.04. The van der Waals surface area contributed by atoms with E-state index in [1.807, 2.05) is 6.92 Å². The average molecular weight is 781 g/mol. The van der Waals surface area contributed by atoms with Crippen molar-refractivity contribution in [2.45, 2.75) is 83.2 Å². The molecule has 2 aliphatic rings. The second-order valence-corrected chi connectivity index (χ2v) is 15.2. The number of ether oxygens (including phenoxy) is 1. The van der Waals surface area contributed by atoms with Gasteiger partial charge in [0.05, 0.1) is 19.3 Å². The molecule has 0 heterocycles. The second-order valence-electron chi connectivity index (χ2n) is 15.2. The zero-order valence-electron chi connectivity index (χ0n) is 33.2. The minimum absolute atomic E-state index is 0.0111. The fourth-order valence-corrected chi connectivity index (χ4v) is 7.83. The van der Waals surface area contributed by atoms with Crippen LogP contribution in [0.25, 0.3) is 0 Å². The van der Waals surface area contributed by atoms with Crippen molar-refractivity contribution >= 4 is 35.2 Å². The number of carbonyl (C=O) groups is 6. The van der Waals surface area contributed by atoms with Crippen LogP contribution in [-0.2, 0) is 0 Å². The molecule has 2 aliphatic carbocycles. The molecular formula is C44H56N6O7. The van der Waals surface area contributed by atoms with Crippen LogP contribution in [0.4, 0.5) is 0 Å². The van der Waals surface area contributed by atoms with E-state index in [2.05, 4.69) is 26.6 Å². The summed E-state index contributed by atoms with van der Waals surface area (Å²) in [4.78, 5) is 78.1. The summed E-state index contributed by atoms with van der Waals surface area (Å²) in [7, 11) is 3.26. The Balaban J connectivity index is 1.10. The van der Waals surface area contributed by atoms with Gasteiger partial charge in [0.15, 0.2) is 11.6 Å². The maximum absolute atomic E-state index is 13.7. The minimum atomic E-state index is -0.280. The van der Waals surface area contributed by atoms with E-state index in [0.29, 0.717) is 71.7 Å². The highest BCUT2D eigenvalue weighted by atomic mass is 16.5. The fraction of sp³-hybridized carbons (Fsp3) is 0.455. The fourth-order valence-electron chi connectivity index (χ4n) is 7.83. The van der Waals surface area contributed by atoms with Crippen molar-refractivity contribution in [1.82, 2.24) is 26.6 Å². The SMILES string of the molecule is CNCNC(=O)c1cccc(C(=O)NC2CCC(CC(=O)c3cc(C(=O)CC4CCC(NC(=O)c5cccc(C(=O)NCCN)c5)CC4)c(OC)cc3C)CC2)c1. The van der Waals surface area contributed by atoms with Gasteiger partial charge in [-0.1, -0.05) is 12.1 Å². The van der Waals surface area contributed by atoms with Crippen molar-refractivity contribution in [2.24, 2.45) is 17.6 Å². The lowest BCUT2D eigenvalue weighted by molar-refractivity contribution is 0.0893. The van der Waals surface area contributed by atoms with Crippen LogP contribution in [0.2, 0.25) is 0 Å². The van der Waals surface area contributed by atoms with Crippen molar-refractivity contribution in [3.8, 4) is 5.75 Å². The van der Waals surface area contributed by atoms with E-state index in [9.17, 15) is 28.8 Å². The average Bonchev–Trinajstić information content (AvgIpc) is 3.23. The first-order valence-corrected chi connectivity index (χ1v) is 20.0. The predicted octanol–water partition coefficient (Wildman–Crippen LogP) is 4.72. The number of ketones is 2. The molecule has 0 saturated heterocycles. The van der Waals surface area contributed by atoms with Crippen molar-refractivity contribution in [3.63, 3.8) is 0 Å². The lowest BCUT2D eigenvalue weighted by Gasteiger charge is -2.29. The molecule has 304 valence electrons. The van der Waals surface area contributed by atoms with Gasteiger partial charge in [-0.15, -0.1) is 0 Å². The zero-order valence-corrected chi connectivity index (χ0v) is 33.2. The molecule has 0 aliphatic heterocycles. The first kappa shape index (κ1) is 42.7. The van der Waals surface area contributed by atoms with Crippen LogP contribution < -0.4 is 37.1 Å². The maximum atomic E-state index is 13.7. The third-order valence-corrected chi connectivity index (χ3v) is 11.1. The molecule has 0 bridgehead atoms. The molecule has 3 aromatic carbocycles. The van der Waals surface area contributed by atoms with Crippen LogP contribution in [0.3, 0.4) is 0 Å². The van der Waals surface area contributed by atoms with E-state index < -0.39 is 0 Å². The van der Waals surface area contributed by atoms with Crippen molar-refractivity contribution < 1.29 is 33.5 Å². The second kappa shape index (κ2) is 20.7. The maximum Gasteiger partial charge on any atom is 0.252 e. The topological polar surface area (TPSA) is 198 Å². The Kier molecular flexibility index (Phi) is 15.5. The molecular weight excluding hydrogens is 725 g/mol. The molecule has 0 radical (unpaired) electrons. The number of hydrogen-bond donors (Lipinski definition) is 6. The molecule has 0 unspecified atom stereocenters. The van der Waals surface area contributed by atoms with Gasteiger partial charge in [0.1, 0.15) is 5.75 Å². The number of aryl methyl sites for hydroxylation is 1. The van der Waals surface area contributed by atoms with Crippen LogP contribution in [0, 0.1) is 18.8 Å². The Morgan fingerprint density at radius 2 is 1.09 bits per heavy atom. The first-order valence-electron chi connectivity index (χ1n) is 20.0. The quantitative estimate of drug-likeness (QED) is 0.0829. The van der Waals surface area contributed by atoms with Gasteiger partial charge in [0.2, 0.25) is 0 Å². The van der Waals surface area contributed by atoms with E-state index in [0.717, 1.165) is 56.9 Å². The van der Waals surface area contributed by atoms with E-state index in [1.54, 1.807) is 67.7 Å². The van der Waals surface area contributed by atoms with Gasteiger partial charge in [0.25, 0.3) is 23.6 Å². The molecule has 2 saturated carbocycles. The van der Waals surface area contributed by atoms with E-state index in [1.165, 1.54) is 7.11 Å². The normalized spacial score (nSPS) is 19.2. The molecule has 57 heavy (non-hydrogen) atoms. The van der Waals surface area contributed by atoms with Gasteiger partial charge in [0, 0.05) is 65.8 Å². The third kappa shape index (κ3) is 11.8. The lowest BCUT2D eigenvalue weighted by Crippen LogP contribution is -2.38. The van der Waals surface area contributed by atoms with Crippen LogP contribution in [0.5, 0.6) is 5.75 Å². The summed E-state index contributed by atoms with van der Waals surface area (Å²) in [6, 6.07) is 16.6. The third-order valence-electron chi connectivity index (χ3n) is 11.1. The molecule has 13 heteroatoms. The number of rotatable bonds is 17. The molecule has 7 N–H and O–H groups in total. The highest BCUT2D eigenvalue weighted by Gasteiger charge is 2.29. The van der Waals surface area contributed by atoms with Gasteiger partial charge in [-0.3, -0.25) is 28.8 Å². The zero-order chi connectivity index (χ0) is 40.9. The summed E-state index contributed by atoms with van der Waals surface area (Å²) in [6.45, 7) is 2.86. The molecule has 13 nitrogen and oxygen atoms in total. The summed E-state index contributed by atoms with van der Waals surface area (Å²) in [5.41, 5.74) is 8.81. The minimum Gasteiger partial charge on any atom is -0.496 e. The van der Waals surface area contributed by atoms with Crippen LogP contribution in [0.1, 0.15) is 132 Å². The first-order chi connectivity index (χ1) is 27.5. The Morgan fingerprint density at radius 3 is 1.54 bits per heavy atom. The predicted molar refractivity (Wildman–Crippen MR) is 218 cm³/mol. The molecule has 0 aromatic heterocycles. The highest BCUT2D eigenvalue weighted by Crippen LogP contribution is 2.33. The van der Waals surface area contributed by atoms with E-state index in [-0.39, 0.29) is 59.1 Å². The largest absolute Gasteiger partial charge is 0.496 e. The van der Waals surface area contributed by atoms with Crippen LogP contribution in [-0.4, -0.2) is 81.2 Å². The van der Waals surface area contributed by atoms with Gasteiger partial charge in [-0.05, 0) is 131 Å². The van der Waals surface area contributed by atoms with Crippen molar-refractivity contribution in [2.75, 3.05) is 33.9 Å². The molecule has 2 fully saturated rings. The summed E-state index contributed by atoms with van der Waals surface area (Å²) in [5, 5.41) is 14.5. The van der Waals surface area contributed by atoms with Crippen LogP contribution >= 0.6 is 0 Å². The molecule has 0 spiro atoms. The number of Topliss-reactive ketones (excluding diaryl/α,β-unsaturated/α-hetero) is 2.